The summed E-state index contributed by atoms with van der Waals surface area (Å²) in [6.07, 6.45) is 3.28. The molecule has 4 rings (SSSR count). The molecular formula is C20H23N3O4S2. The van der Waals surface area contributed by atoms with E-state index in [0.717, 1.165) is 12.8 Å². The zero-order valence-corrected chi connectivity index (χ0v) is 17.5. The molecule has 1 aromatic heterocycles. The molecule has 1 aromatic carbocycles. The molecule has 1 aliphatic heterocycles. The van der Waals surface area contributed by atoms with Gasteiger partial charge in [-0.1, -0.05) is 12.1 Å². The summed E-state index contributed by atoms with van der Waals surface area (Å²) in [5, 5.41) is 7.50. The maximum atomic E-state index is 12.8. The molecule has 2 amide bonds. The quantitative estimate of drug-likeness (QED) is 0.732. The molecule has 1 unspecified atom stereocenters. The number of carbonyl (C=O) groups is 2. The van der Waals surface area contributed by atoms with E-state index >= 15 is 0 Å². The number of nitrogens with zero attached hydrogens (tertiary/aromatic N) is 1. The number of hydrogen-bond donors (Lipinski definition) is 2. The Morgan fingerprint density at radius 3 is 2.66 bits per heavy atom. The van der Waals surface area contributed by atoms with Gasteiger partial charge in [-0.05, 0) is 55.3 Å². The third-order valence-corrected chi connectivity index (χ3v) is 8.39. The highest BCUT2D eigenvalue weighted by Gasteiger charge is 2.34. The van der Waals surface area contributed by atoms with Crippen LogP contribution in [0.25, 0.3) is 0 Å². The minimum Gasteiger partial charge on any atom is -0.349 e. The van der Waals surface area contributed by atoms with E-state index in [1.54, 1.807) is 41.8 Å². The predicted octanol–water partition coefficient (Wildman–Crippen LogP) is 2.68. The van der Waals surface area contributed by atoms with Crippen LogP contribution in [0.1, 0.15) is 36.0 Å². The number of nitrogens with one attached hydrogen (secondary N) is 2. The summed E-state index contributed by atoms with van der Waals surface area (Å²) in [6, 6.07) is 10.4. The Balaban J connectivity index is 1.41. The molecule has 1 saturated heterocycles. The van der Waals surface area contributed by atoms with Crippen molar-refractivity contribution < 1.29 is 18.0 Å². The number of hydrogen-bond acceptors (Lipinski definition) is 5. The number of benzene rings is 1. The Morgan fingerprint density at radius 1 is 1.10 bits per heavy atom. The first-order chi connectivity index (χ1) is 13.9. The highest BCUT2D eigenvalue weighted by Crippen LogP contribution is 2.27. The largest absolute Gasteiger partial charge is 0.349 e. The van der Waals surface area contributed by atoms with Gasteiger partial charge in [-0.25, -0.2) is 8.42 Å². The maximum Gasteiger partial charge on any atom is 0.252 e. The van der Waals surface area contributed by atoms with E-state index in [2.05, 4.69) is 10.6 Å². The van der Waals surface area contributed by atoms with Crippen molar-refractivity contribution in [1.29, 1.82) is 0 Å². The highest BCUT2D eigenvalue weighted by molar-refractivity contribution is 7.91. The van der Waals surface area contributed by atoms with Crippen LogP contribution in [0.3, 0.4) is 0 Å². The van der Waals surface area contributed by atoms with Crippen molar-refractivity contribution in [2.75, 3.05) is 18.4 Å². The summed E-state index contributed by atoms with van der Waals surface area (Å²) >= 11 is 1.18. The van der Waals surface area contributed by atoms with E-state index in [1.165, 1.54) is 15.6 Å². The van der Waals surface area contributed by atoms with Crippen LogP contribution in [0.5, 0.6) is 0 Å². The van der Waals surface area contributed by atoms with Gasteiger partial charge in [0.25, 0.3) is 15.9 Å². The van der Waals surface area contributed by atoms with Gasteiger partial charge in [0.15, 0.2) is 0 Å². The maximum absolute atomic E-state index is 12.8. The minimum absolute atomic E-state index is 0.144. The van der Waals surface area contributed by atoms with Crippen molar-refractivity contribution in [1.82, 2.24) is 9.62 Å². The van der Waals surface area contributed by atoms with Gasteiger partial charge in [-0.15, -0.1) is 11.3 Å². The monoisotopic (exact) mass is 433 g/mol. The van der Waals surface area contributed by atoms with Crippen LogP contribution < -0.4 is 10.6 Å². The Kier molecular flexibility index (Phi) is 5.71. The minimum atomic E-state index is -3.56. The molecule has 1 atom stereocenters. The van der Waals surface area contributed by atoms with Crippen molar-refractivity contribution in [3.63, 3.8) is 0 Å². The Labute approximate surface area is 174 Å². The second-order valence-electron chi connectivity index (χ2n) is 7.45. The number of piperidine rings is 1. The van der Waals surface area contributed by atoms with Crippen LogP contribution in [0.4, 0.5) is 5.69 Å². The lowest BCUT2D eigenvalue weighted by atomic mass is 9.98. The van der Waals surface area contributed by atoms with Crippen LogP contribution in [0.15, 0.2) is 46.0 Å². The lowest BCUT2D eigenvalue weighted by Gasteiger charge is -2.30. The molecule has 0 spiro atoms. The number of anilines is 1. The average Bonchev–Trinajstić information content (AvgIpc) is 3.35. The first-order valence-corrected chi connectivity index (χ1v) is 12.0. The summed E-state index contributed by atoms with van der Waals surface area (Å²) in [5.41, 5.74) is 1.04. The summed E-state index contributed by atoms with van der Waals surface area (Å²) in [5.74, 6) is -0.798. The van der Waals surface area contributed by atoms with Crippen LogP contribution in [-0.4, -0.2) is 43.7 Å². The van der Waals surface area contributed by atoms with Crippen molar-refractivity contribution in [3.05, 3.63) is 47.3 Å². The van der Waals surface area contributed by atoms with Crippen molar-refractivity contribution in [2.24, 2.45) is 5.92 Å². The number of thiophene rings is 1. The Morgan fingerprint density at radius 2 is 1.93 bits per heavy atom. The lowest BCUT2D eigenvalue weighted by Crippen LogP contribution is -2.43. The number of sulfonamides is 1. The molecule has 1 aliphatic carbocycles. The average molecular weight is 434 g/mol. The number of rotatable bonds is 6. The van der Waals surface area contributed by atoms with Crippen molar-refractivity contribution in [2.45, 2.75) is 35.9 Å². The third kappa shape index (κ3) is 4.68. The predicted molar refractivity (Wildman–Crippen MR) is 111 cm³/mol. The van der Waals surface area contributed by atoms with E-state index in [-0.39, 0.29) is 24.4 Å². The second kappa shape index (κ2) is 8.25. The summed E-state index contributed by atoms with van der Waals surface area (Å²) in [4.78, 5) is 25.0. The molecule has 2 aromatic rings. The number of carbonyl (C=O) groups excluding carboxylic acids is 2. The Bertz CT molecular complexity index is 1000. The zero-order valence-electron chi connectivity index (χ0n) is 15.8. The van der Waals surface area contributed by atoms with Crippen LogP contribution in [-0.2, 0) is 14.8 Å². The zero-order chi connectivity index (χ0) is 20.4. The van der Waals surface area contributed by atoms with E-state index in [1.807, 2.05) is 0 Å². The molecule has 0 radical (unpaired) electrons. The number of amides is 2. The molecule has 9 heteroatoms. The summed E-state index contributed by atoms with van der Waals surface area (Å²) in [7, 11) is -3.56. The van der Waals surface area contributed by atoms with Crippen LogP contribution in [0, 0.1) is 5.92 Å². The fourth-order valence-electron chi connectivity index (χ4n) is 3.39. The summed E-state index contributed by atoms with van der Waals surface area (Å²) < 4.78 is 27.2. The van der Waals surface area contributed by atoms with Gasteiger partial charge < -0.3 is 10.6 Å². The van der Waals surface area contributed by atoms with Gasteiger partial charge in [0.1, 0.15) is 4.21 Å². The van der Waals surface area contributed by atoms with Gasteiger partial charge in [0.05, 0.1) is 5.92 Å². The van der Waals surface area contributed by atoms with Gasteiger partial charge in [-0.2, -0.15) is 4.31 Å². The van der Waals surface area contributed by atoms with E-state index in [9.17, 15) is 18.0 Å². The molecule has 2 fully saturated rings. The summed E-state index contributed by atoms with van der Waals surface area (Å²) in [6.45, 7) is 0.578. The molecule has 2 N–H and O–H groups in total. The second-order valence-corrected chi connectivity index (χ2v) is 10.6. The van der Waals surface area contributed by atoms with Gasteiger partial charge in [-0.3, -0.25) is 9.59 Å². The van der Waals surface area contributed by atoms with Crippen LogP contribution in [0.2, 0.25) is 0 Å². The van der Waals surface area contributed by atoms with Crippen molar-refractivity contribution in [3.8, 4) is 0 Å². The molecule has 2 aliphatic rings. The smallest absolute Gasteiger partial charge is 0.252 e. The normalized spacial score (nSPS) is 20.2. The molecular weight excluding hydrogens is 410 g/mol. The molecule has 0 bridgehead atoms. The third-order valence-electron chi connectivity index (χ3n) is 5.15. The van der Waals surface area contributed by atoms with Gasteiger partial charge >= 0.3 is 0 Å². The van der Waals surface area contributed by atoms with Crippen molar-refractivity contribution >= 4 is 38.9 Å². The fraction of sp³-hybridized carbons (Fsp3) is 0.400. The first-order valence-electron chi connectivity index (χ1n) is 9.69. The van der Waals surface area contributed by atoms with E-state index in [4.69, 9.17) is 0 Å². The highest BCUT2D eigenvalue weighted by atomic mass is 32.2. The SMILES string of the molecule is O=C(NC1CC1)c1cccc(NC(=O)C2CCCN(S(=O)(=O)c3cccs3)C2)c1. The van der Waals surface area contributed by atoms with E-state index in [0.29, 0.717) is 34.8 Å². The van der Waals surface area contributed by atoms with Gasteiger partial charge in [0, 0.05) is 30.4 Å². The standard InChI is InChI=1S/C20H23N3O4S2/c24-19(21-16-8-9-16)14-4-1-6-17(12-14)22-20(25)15-5-2-10-23(13-15)29(26,27)18-7-3-11-28-18/h1,3-4,6-7,11-12,15-16H,2,5,8-10,13H2,(H,21,24)(H,22,25). The molecule has 7 nitrogen and oxygen atoms in total. The fourth-order valence-corrected chi connectivity index (χ4v) is 6.06. The molecule has 1 saturated carbocycles. The van der Waals surface area contributed by atoms with Gasteiger partial charge in [0.2, 0.25) is 5.91 Å². The Hall–Kier alpha value is -2.23. The van der Waals surface area contributed by atoms with E-state index < -0.39 is 15.9 Å². The lowest BCUT2D eigenvalue weighted by molar-refractivity contribution is -0.120. The topological polar surface area (TPSA) is 95.6 Å². The first kappa shape index (κ1) is 20.1. The molecule has 154 valence electrons. The van der Waals surface area contributed by atoms with Crippen LogP contribution >= 0.6 is 11.3 Å². The molecule has 2 heterocycles. The molecule has 29 heavy (non-hydrogen) atoms.